The number of hydrogen-bond acceptors (Lipinski definition) is 3. The molecule has 0 aromatic heterocycles. The number of nitrogens with one attached hydrogen (secondary N) is 1. The molecule has 1 aliphatic rings. The minimum absolute atomic E-state index is 0.285. The normalized spacial score (nSPS) is 15.0. The predicted octanol–water partition coefficient (Wildman–Crippen LogP) is 1.89. The lowest BCUT2D eigenvalue weighted by atomic mass is 10.2. The number of carbonyl (C=O) groups is 1. The van der Waals surface area contributed by atoms with Gasteiger partial charge in [0, 0.05) is 12.1 Å². The fourth-order valence-electron chi connectivity index (χ4n) is 1.47. The number of hydrogen-bond donors (Lipinski definition) is 1. The first-order valence-corrected chi connectivity index (χ1v) is 5.79. The third kappa shape index (κ3) is 5.57. The van der Waals surface area contributed by atoms with Crippen molar-refractivity contribution in [3.05, 3.63) is 12.2 Å². The first kappa shape index (κ1) is 12.2. The second-order valence-corrected chi connectivity index (χ2v) is 4.09. The van der Waals surface area contributed by atoms with Gasteiger partial charge < -0.3 is 10.1 Å². The summed E-state index contributed by atoms with van der Waals surface area (Å²) in [5, 5.41) is 3.21. The number of ether oxygens (including phenoxy) is 1. The molecule has 0 spiro atoms. The minimum atomic E-state index is -0.285. The first-order valence-electron chi connectivity index (χ1n) is 5.79. The molecular formula is C12H21NO2. The van der Waals surface area contributed by atoms with Crippen LogP contribution >= 0.6 is 0 Å². The van der Waals surface area contributed by atoms with Crippen molar-refractivity contribution in [3.63, 3.8) is 0 Å². The van der Waals surface area contributed by atoms with Crippen LogP contribution in [0.3, 0.4) is 0 Å². The average molecular weight is 211 g/mol. The molecule has 0 atom stereocenters. The summed E-state index contributed by atoms with van der Waals surface area (Å²) < 4.78 is 4.83. The highest BCUT2D eigenvalue weighted by atomic mass is 16.5. The molecule has 0 saturated heterocycles. The van der Waals surface area contributed by atoms with Gasteiger partial charge in [0.05, 0.1) is 6.61 Å². The predicted molar refractivity (Wildman–Crippen MR) is 60.6 cm³/mol. The van der Waals surface area contributed by atoms with E-state index < -0.39 is 0 Å². The van der Waals surface area contributed by atoms with Crippen molar-refractivity contribution in [1.29, 1.82) is 0 Å². The van der Waals surface area contributed by atoms with E-state index in [9.17, 15) is 4.79 Å². The monoisotopic (exact) mass is 211 g/mol. The van der Waals surface area contributed by atoms with Crippen LogP contribution in [0.1, 0.15) is 32.6 Å². The quantitative estimate of drug-likeness (QED) is 0.378. The lowest BCUT2D eigenvalue weighted by molar-refractivity contribution is -0.138. The van der Waals surface area contributed by atoms with Crippen LogP contribution in [0.15, 0.2) is 12.2 Å². The van der Waals surface area contributed by atoms with Crippen LogP contribution in [0.5, 0.6) is 0 Å². The second-order valence-electron chi connectivity index (χ2n) is 4.09. The SMILES string of the molecule is C=C(CNCCCC1CC1)C(=O)OCC. The topological polar surface area (TPSA) is 38.3 Å². The fourth-order valence-corrected chi connectivity index (χ4v) is 1.47. The van der Waals surface area contributed by atoms with Crippen molar-refractivity contribution in [2.75, 3.05) is 19.7 Å². The lowest BCUT2D eigenvalue weighted by Gasteiger charge is -2.06. The zero-order valence-electron chi connectivity index (χ0n) is 9.55. The highest BCUT2D eigenvalue weighted by Crippen LogP contribution is 2.33. The maximum Gasteiger partial charge on any atom is 0.334 e. The van der Waals surface area contributed by atoms with E-state index >= 15 is 0 Å². The van der Waals surface area contributed by atoms with Crippen LogP contribution < -0.4 is 5.32 Å². The summed E-state index contributed by atoms with van der Waals surface area (Å²) in [5.74, 6) is 0.701. The Hall–Kier alpha value is -0.830. The molecule has 0 aromatic rings. The Bertz CT molecular complexity index is 222. The Morgan fingerprint density at radius 2 is 2.27 bits per heavy atom. The number of esters is 1. The molecule has 1 aliphatic carbocycles. The van der Waals surface area contributed by atoms with Gasteiger partial charge >= 0.3 is 5.97 Å². The van der Waals surface area contributed by atoms with Crippen LogP contribution in [0, 0.1) is 5.92 Å². The van der Waals surface area contributed by atoms with Gasteiger partial charge in [-0.1, -0.05) is 19.4 Å². The molecule has 1 rings (SSSR count). The summed E-state index contributed by atoms with van der Waals surface area (Å²) in [6.07, 6.45) is 5.34. The lowest BCUT2D eigenvalue weighted by Crippen LogP contribution is -2.22. The van der Waals surface area contributed by atoms with E-state index in [2.05, 4.69) is 11.9 Å². The summed E-state index contributed by atoms with van der Waals surface area (Å²) in [6.45, 7) is 7.41. The Kier molecular flexibility index (Phi) is 5.40. The van der Waals surface area contributed by atoms with E-state index in [0.29, 0.717) is 18.7 Å². The Labute approximate surface area is 91.9 Å². The van der Waals surface area contributed by atoms with Crippen molar-refractivity contribution in [1.82, 2.24) is 5.32 Å². The highest BCUT2D eigenvalue weighted by molar-refractivity contribution is 5.88. The highest BCUT2D eigenvalue weighted by Gasteiger charge is 2.19. The second kappa shape index (κ2) is 6.62. The average Bonchev–Trinajstić information content (AvgIpc) is 3.01. The Morgan fingerprint density at radius 1 is 1.53 bits per heavy atom. The van der Waals surface area contributed by atoms with Crippen LogP contribution in [-0.4, -0.2) is 25.7 Å². The summed E-state index contributed by atoms with van der Waals surface area (Å²) >= 11 is 0. The molecule has 0 amide bonds. The van der Waals surface area contributed by atoms with Crippen LogP contribution in [-0.2, 0) is 9.53 Å². The molecule has 0 radical (unpaired) electrons. The molecule has 1 fully saturated rings. The van der Waals surface area contributed by atoms with E-state index in [0.717, 1.165) is 12.5 Å². The van der Waals surface area contributed by atoms with E-state index in [1.165, 1.54) is 25.7 Å². The molecule has 0 aliphatic heterocycles. The maximum atomic E-state index is 11.2. The van der Waals surface area contributed by atoms with Gasteiger partial charge in [0.2, 0.25) is 0 Å². The van der Waals surface area contributed by atoms with Gasteiger partial charge in [-0.25, -0.2) is 4.79 Å². The molecule has 86 valence electrons. The van der Waals surface area contributed by atoms with Gasteiger partial charge in [0.1, 0.15) is 0 Å². The zero-order valence-corrected chi connectivity index (χ0v) is 9.55. The van der Waals surface area contributed by atoms with Gasteiger partial charge in [0.25, 0.3) is 0 Å². The third-order valence-electron chi connectivity index (χ3n) is 2.57. The summed E-state index contributed by atoms with van der Waals surface area (Å²) in [5.41, 5.74) is 0.517. The van der Waals surface area contributed by atoms with E-state index in [-0.39, 0.29) is 5.97 Å². The molecule has 3 heteroatoms. The van der Waals surface area contributed by atoms with Gasteiger partial charge in [0.15, 0.2) is 0 Å². The van der Waals surface area contributed by atoms with Gasteiger partial charge in [-0.3, -0.25) is 0 Å². The van der Waals surface area contributed by atoms with Gasteiger partial charge in [-0.15, -0.1) is 0 Å². The zero-order chi connectivity index (χ0) is 11.1. The van der Waals surface area contributed by atoms with Crippen LogP contribution in [0.4, 0.5) is 0 Å². The summed E-state index contributed by atoms with van der Waals surface area (Å²) in [7, 11) is 0. The molecule has 3 nitrogen and oxygen atoms in total. The maximum absolute atomic E-state index is 11.2. The molecule has 15 heavy (non-hydrogen) atoms. The fraction of sp³-hybridized carbons (Fsp3) is 0.750. The Balaban J connectivity index is 1.93. The van der Waals surface area contributed by atoms with Crippen molar-refractivity contribution in [2.45, 2.75) is 32.6 Å². The smallest absolute Gasteiger partial charge is 0.334 e. The minimum Gasteiger partial charge on any atom is -0.463 e. The largest absolute Gasteiger partial charge is 0.463 e. The van der Waals surface area contributed by atoms with Gasteiger partial charge in [-0.2, -0.15) is 0 Å². The molecule has 0 heterocycles. The van der Waals surface area contributed by atoms with E-state index in [1.54, 1.807) is 6.92 Å². The van der Waals surface area contributed by atoms with Crippen molar-refractivity contribution in [2.24, 2.45) is 5.92 Å². The molecule has 0 bridgehead atoms. The summed E-state index contributed by atoms with van der Waals surface area (Å²) in [4.78, 5) is 11.2. The number of rotatable bonds is 8. The molecule has 1 saturated carbocycles. The molecule has 0 aromatic carbocycles. The van der Waals surface area contributed by atoms with Crippen molar-refractivity contribution >= 4 is 5.97 Å². The third-order valence-corrected chi connectivity index (χ3v) is 2.57. The van der Waals surface area contributed by atoms with Gasteiger partial charge in [-0.05, 0) is 32.2 Å². The van der Waals surface area contributed by atoms with E-state index in [1.807, 2.05) is 0 Å². The number of carbonyl (C=O) groups excluding carboxylic acids is 1. The van der Waals surface area contributed by atoms with E-state index in [4.69, 9.17) is 4.74 Å². The van der Waals surface area contributed by atoms with Crippen molar-refractivity contribution < 1.29 is 9.53 Å². The van der Waals surface area contributed by atoms with Crippen molar-refractivity contribution in [3.8, 4) is 0 Å². The molecule has 1 N–H and O–H groups in total. The molecule has 0 unspecified atom stereocenters. The van der Waals surface area contributed by atoms with Crippen LogP contribution in [0.25, 0.3) is 0 Å². The first-order chi connectivity index (χ1) is 7.24. The molecular weight excluding hydrogens is 190 g/mol. The summed E-state index contributed by atoms with van der Waals surface area (Å²) in [6, 6.07) is 0. The standard InChI is InChI=1S/C12H21NO2/c1-3-15-12(14)10(2)9-13-8-4-5-11-6-7-11/h11,13H,2-9H2,1H3. The Morgan fingerprint density at radius 3 is 2.87 bits per heavy atom. The van der Waals surface area contributed by atoms with Crippen LogP contribution in [0.2, 0.25) is 0 Å².